The van der Waals surface area contributed by atoms with Gasteiger partial charge in [0.1, 0.15) is 23.1 Å². The Balaban J connectivity index is 1.93. The number of hydrogen-bond donors (Lipinski definition) is 1. The van der Waals surface area contributed by atoms with Crippen LogP contribution in [0.4, 0.5) is 17.6 Å². The lowest BCUT2D eigenvalue weighted by molar-refractivity contribution is -0.150. The molecule has 0 amide bonds. The van der Waals surface area contributed by atoms with Gasteiger partial charge in [-0.25, -0.2) is 23.2 Å². The summed E-state index contributed by atoms with van der Waals surface area (Å²) >= 11 is 6.01. The van der Waals surface area contributed by atoms with Crippen LogP contribution >= 0.6 is 11.6 Å². The molecular weight excluding hydrogens is 514 g/mol. The van der Waals surface area contributed by atoms with Gasteiger partial charge in [0.2, 0.25) is 0 Å². The second-order valence-corrected chi connectivity index (χ2v) is 7.58. The first-order valence-corrected chi connectivity index (χ1v) is 10.5. The summed E-state index contributed by atoms with van der Waals surface area (Å²) < 4.78 is 69.4. The van der Waals surface area contributed by atoms with Crippen molar-refractivity contribution in [1.82, 2.24) is 9.24 Å². The summed E-state index contributed by atoms with van der Waals surface area (Å²) in [4.78, 5) is 36.4. The number of nitrogen functional groups attached to an aromatic ring is 1. The fraction of sp³-hybridized carbons (Fsp3) is 0.227. The zero-order valence-corrected chi connectivity index (χ0v) is 19.4. The Bertz CT molecular complexity index is 1400. The summed E-state index contributed by atoms with van der Waals surface area (Å²) in [7, 11) is 0. The average Bonchev–Trinajstić information content (AvgIpc) is 2.79. The minimum atomic E-state index is -5.09. The fourth-order valence-corrected chi connectivity index (χ4v) is 3.18. The number of hydrogen-bond acceptors (Lipinski definition) is 7. The van der Waals surface area contributed by atoms with Gasteiger partial charge in [-0.2, -0.15) is 13.2 Å². The van der Waals surface area contributed by atoms with Crippen molar-refractivity contribution in [2.45, 2.75) is 26.1 Å². The lowest BCUT2D eigenvalue weighted by Crippen LogP contribution is -2.45. The molecule has 0 saturated heterocycles. The van der Waals surface area contributed by atoms with Gasteiger partial charge in [0.15, 0.2) is 11.8 Å². The number of rotatable bonds is 7. The first-order valence-electron chi connectivity index (χ1n) is 10.2. The number of aromatic nitrogens is 2. The molecular formula is C22H18ClF4N3O6. The number of benzene rings is 2. The lowest BCUT2D eigenvalue weighted by atomic mass is 10.2. The van der Waals surface area contributed by atoms with Gasteiger partial charge in [-0.1, -0.05) is 11.6 Å². The number of carbonyl (C=O) groups excluding carboxylic acids is 1. The summed E-state index contributed by atoms with van der Waals surface area (Å²) in [5, 5.41) is -0.263. The third-order valence-corrected chi connectivity index (χ3v) is 4.95. The summed E-state index contributed by atoms with van der Waals surface area (Å²) in [6, 6.07) is 7.39. The van der Waals surface area contributed by atoms with E-state index in [2.05, 4.69) is 0 Å². The van der Waals surface area contributed by atoms with E-state index in [0.717, 1.165) is 12.1 Å². The monoisotopic (exact) mass is 531 g/mol. The largest absolute Gasteiger partial charge is 0.479 e. The normalized spacial score (nSPS) is 12.2. The molecule has 192 valence electrons. The molecule has 0 spiro atoms. The third-order valence-electron chi connectivity index (χ3n) is 4.65. The van der Waals surface area contributed by atoms with Crippen LogP contribution in [0.3, 0.4) is 0 Å². The fourth-order valence-electron chi connectivity index (χ4n) is 2.99. The van der Waals surface area contributed by atoms with Crippen molar-refractivity contribution in [3.8, 4) is 22.9 Å². The Morgan fingerprint density at radius 2 is 1.72 bits per heavy atom. The molecule has 14 heteroatoms. The van der Waals surface area contributed by atoms with Crippen LogP contribution in [0.25, 0.3) is 5.69 Å². The quantitative estimate of drug-likeness (QED) is 0.281. The summed E-state index contributed by atoms with van der Waals surface area (Å²) in [5.74, 6) is 3.68. The SMILES string of the molecule is CCOC(=O)C(C)Oc1ccc(Oc2cc(-n3c(=O)cc(C(F)(F)F)n(N)c3=O)c(F)cc2Cl)cc1. The number of nitrogens with two attached hydrogens (primary N) is 1. The van der Waals surface area contributed by atoms with Crippen molar-refractivity contribution in [1.29, 1.82) is 0 Å². The van der Waals surface area contributed by atoms with Gasteiger partial charge in [-0.3, -0.25) is 4.79 Å². The predicted molar refractivity (Wildman–Crippen MR) is 120 cm³/mol. The molecule has 3 aromatic rings. The van der Waals surface area contributed by atoms with Gasteiger partial charge >= 0.3 is 17.8 Å². The zero-order chi connectivity index (χ0) is 26.8. The molecule has 0 fully saturated rings. The van der Waals surface area contributed by atoms with E-state index in [4.69, 9.17) is 31.7 Å². The van der Waals surface area contributed by atoms with Gasteiger partial charge in [0.25, 0.3) is 5.56 Å². The summed E-state index contributed by atoms with van der Waals surface area (Å²) in [6.45, 7) is 3.35. The van der Waals surface area contributed by atoms with E-state index in [1.54, 1.807) is 6.92 Å². The average molecular weight is 532 g/mol. The van der Waals surface area contributed by atoms with Crippen LogP contribution in [0, 0.1) is 5.82 Å². The van der Waals surface area contributed by atoms with Crippen molar-refractivity contribution in [2.24, 2.45) is 0 Å². The molecule has 1 unspecified atom stereocenters. The molecule has 2 aromatic carbocycles. The van der Waals surface area contributed by atoms with Crippen molar-refractivity contribution in [3.63, 3.8) is 0 Å². The molecule has 1 aromatic heterocycles. The second-order valence-electron chi connectivity index (χ2n) is 7.17. The molecule has 9 nitrogen and oxygen atoms in total. The standard InChI is InChI=1S/C22H18ClF4N3O6/c1-3-34-20(32)11(2)35-12-4-6-13(7-5-12)36-17-9-16(15(24)8-14(17)23)29-19(31)10-18(22(25,26)27)30(28)21(29)33/h4-11H,3,28H2,1-2H3. The smallest absolute Gasteiger partial charge is 0.433 e. The molecule has 1 atom stereocenters. The molecule has 3 rings (SSSR count). The third kappa shape index (κ3) is 5.62. The zero-order valence-electron chi connectivity index (χ0n) is 18.6. The summed E-state index contributed by atoms with van der Waals surface area (Å²) in [5.41, 5.74) is -5.56. The molecule has 0 bridgehead atoms. The number of carbonyl (C=O) groups is 1. The van der Waals surface area contributed by atoms with E-state index in [0.29, 0.717) is 5.75 Å². The van der Waals surface area contributed by atoms with Gasteiger partial charge in [0, 0.05) is 12.1 Å². The van der Waals surface area contributed by atoms with Crippen LogP contribution in [-0.4, -0.2) is 27.9 Å². The molecule has 0 saturated carbocycles. The number of nitrogens with zero attached hydrogens (tertiary/aromatic N) is 2. The molecule has 0 aliphatic carbocycles. The van der Waals surface area contributed by atoms with Gasteiger partial charge < -0.3 is 20.1 Å². The number of alkyl halides is 3. The van der Waals surface area contributed by atoms with E-state index >= 15 is 0 Å². The van der Waals surface area contributed by atoms with E-state index in [9.17, 15) is 31.9 Å². The van der Waals surface area contributed by atoms with Crippen LogP contribution < -0.4 is 26.6 Å². The molecule has 36 heavy (non-hydrogen) atoms. The maximum Gasteiger partial charge on any atom is 0.433 e. The maximum absolute atomic E-state index is 14.6. The van der Waals surface area contributed by atoms with Gasteiger partial charge in [0.05, 0.1) is 17.3 Å². The van der Waals surface area contributed by atoms with E-state index in [-0.39, 0.29) is 38.4 Å². The maximum atomic E-state index is 14.6. The van der Waals surface area contributed by atoms with E-state index in [1.807, 2.05) is 0 Å². The van der Waals surface area contributed by atoms with Gasteiger partial charge in [-0.05, 0) is 44.2 Å². The summed E-state index contributed by atoms with van der Waals surface area (Å²) in [6.07, 6.45) is -5.97. The molecule has 0 aliphatic heterocycles. The Labute approximate surface area is 205 Å². The van der Waals surface area contributed by atoms with Crippen LogP contribution in [0.2, 0.25) is 5.02 Å². The Hall–Kier alpha value is -4.00. The van der Waals surface area contributed by atoms with E-state index < -0.39 is 46.7 Å². The Morgan fingerprint density at radius 3 is 2.31 bits per heavy atom. The first kappa shape index (κ1) is 26.6. The van der Waals surface area contributed by atoms with Crippen LogP contribution in [0.15, 0.2) is 52.1 Å². The Morgan fingerprint density at radius 1 is 1.11 bits per heavy atom. The topological polar surface area (TPSA) is 115 Å². The van der Waals surface area contributed by atoms with E-state index in [1.165, 1.54) is 31.2 Å². The highest BCUT2D eigenvalue weighted by Gasteiger charge is 2.36. The Kier molecular flexibility index (Phi) is 7.62. The lowest BCUT2D eigenvalue weighted by Gasteiger charge is -2.16. The highest BCUT2D eigenvalue weighted by Crippen LogP contribution is 2.33. The molecule has 2 N–H and O–H groups in total. The highest BCUT2D eigenvalue weighted by molar-refractivity contribution is 6.32. The van der Waals surface area contributed by atoms with Crippen molar-refractivity contribution in [2.75, 3.05) is 12.4 Å². The predicted octanol–water partition coefficient (Wildman–Crippen LogP) is 3.65. The first-order chi connectivity index (χ1) is 16.8. The molecule has 1 heterocycles. The van der Waals surface area contributed by atoms with Crippen LogP contribution in [0.1, 0.15) is 19.5 Å². The van der Waals surface area contributed by atoms with Crippen molar-refractivity contribution < 1.29 is 36.6 Å². The number of ether oxygens (including phenoxy) is 3. The highest BCUT2D eigenvalue weighted by atomic mass is 35.5. The number of halogens is 5. The second kappa shape index (κ2) is 10.3. The van der Waals surface area contributed by atoms with Crippen molar-refractivity contribution in [3.05, 3.63) is 79.8 Å². The van der Waals surface area contributed by atoms with Gasteiger partial charge in [-0.15, -0.1) is 0 Å². The van der Waals surface area contributed by atoms with Crippen LogP contribution in [0.5, 0.6) is 17.2 Å². The molecule has 0 aliphatic rings. The number of esters is 1. The minimum absolute atomic E-state index is 0.0615. The molecule has 0 radical (unpaired) electrons. The van der Waals surface area contributed by atoms with Crippen LogP contribution in [-0.2, 0) is 15.7 Å². The minimum Gasteiger partial charge on any atom is -0.479 e. The van der Waals surface area contributed by atoms with Crippen molar-refractivity contribution >= 4 is 17.6 Å².